The Morgan fingerprint density at radius 2 is 1.76 bits per heavy atom. The SMILES string of the molecule is CC(C)(C)c1ccc2c(c1)S(=O)(=O)C(C)(C)O2. The summed E-state index contributed by atoms with van der Waals surface area (Å²) in [6.07, 6.45) is 0. The highest BCUT2D eigenvalue weighted by Crippen LogP contribution is 2.43. The lowest BCUT2D eigenvalue weighted by atomic mass is 9.87. The van der Waals surface area contributed by atoms with Crippen LogP contribution in [0.25, 0.3) is 0 Å². The van der Waals surface area contributed by atoms with Crippen molar-refractivity contribution in [3.8, 4) is 5.75 Å². The van der Waals surface area contributed by atoms with E-state index in [-0.39, 0.29) is 5.41 Å². The van der Waals surface area contributed by atoms with Crippen LogP contribution in [0.2, 0.25) is 0 Å². The summed E-state index contributed by atoms with van der Waals surface area (Å²) in [5, 5.41) is 0. The monoisotopic (exact) mass is 254 g/mol. The first-order valence-corrected chi connectivity index (χ1v) is 7.12. The first kappa shape index (κ1) is 12.4. The van der Waals surface area contributed by atoms with E-state index in [0.29, 0.717) is 10.6 Å². The molecule has 2 rings (SSSR count). The van der Waals surface area contributed by atoms with Gasteiger partial charge in [-0.1, -0.05) is 26.8 Å². The van der Waals surface area contributed by atoms with Gasteiger partial charge < -0.3 is 4.74 Å². The lowest BCUT2D eigenvalue weighted by Gasteiger charge is -2.19. The topological polar surface area (TPSA) is 43.4 Å². The van der Waals surface area contributed by atoms with Crippen LogP contribution in [0, 0.1) is 0 Å². The second-order valence-electron chi connectivity index (χ2n) is 5.92. The molecule has 0 amide bonds. The third kappa shape index (κ3) is 1.75. The predicted molar refractivity (Wildman–Crippen MR) is 67.0 cm³/mol. The average molecular weight is 254 g/mol. The molecular weight excluding hydrogens is 236 g/mol. The maximum absolute atomic E-state index is 12.3. The molecule has 3 nitrogen and oxygen atoms in total. The van der Waals surface area contributed by atoms with Crippen LogP contribution < -0.4 is 4.74 Å². The predicted octanol–water partition coefficient (Wildman–Crippen LogP) is 2.89. The van der Waals surface area contributed by atoms with Gasteiger partial charge in [0.2, 0.25) is 14.8 Å². The van der Waals surface area contributed by atoms with E-state index in [1.54, 1.807) is 26.0 Å². The minimum atomic E-state index is -3.39. The Kier molecular flexibility index (Phi) is 2.38. The molecule has 0 radical (unpaired) electrons. The van der Waals surface area contributed by atoms with Crippen molar-refractivity contribution < 1.29 is 13.2 Å². The van der Waals surface area contributed by atoms with Crippen LogP contribution >= 0.6 is 0 Å². The largest absolute Gasteiger partial charge is 0.470 e. The molecular formula is C13H18O3S. The van der Waals surface area contributed by atoms with Crippen LogP contribution in [0.3, 0.4) is 0 Å². The zero-order valence-corrected chi connectivity index (χ0v) is 11.7. The van der Waals surface area contributed by atoms with Gasteiger partial charge in [0.05, 0.1) is 0 Å². The van der Waals surface area contributed by atoms with Crippen molar-refractivity contribution in [1.29, 1.82) is 0 Å². The summed E-state index contributed by atoms with van der Waals surface area (Å²) in [5.74, 6) is 0.461. The van der Waals surface area contributed by atoms with Crippen LogP contribution in [0.1, 0.15) is 40.2 Å². The van der Waals surface area contributed by atoms with E-state index in [1.807, 2.05) is 6.07 Å². The molecule has 1 heterocycles. The highest BCUT2D eigenvalue weighted by molar-refractivity contribution is 7.93. The van der Waals surface area contributed by atoms with Gasteiger partial charge in [-0.2, -0.15) is 0 Å². The fourth-order valence-corrected chi connectivity index (χ4v) is 3.24. The number of rotatable bonds is 0. The maximum Gasteiger partial charge on any atom is 0.222 e. The van der Waals surface area contributed by atoms with Gasteiger partial charge in [-0.05, 0) is 37.0 Å². The molecule has 0 aliphatic carbocycles. The van der Waals surface area contributed by atoms with Crippen LogP contribution in [0.4, 0.5) is 0 Å². The highest BCUT2D eigenvalue weighted by atomic mass is 32.2. The maximum atomic E-state index is 12.3. The van der Waals surface area contributed by atoms with Crippen molar-refractivity contribution in [2.45, 2.75) is 49.9 Å². The summed E-state index contributed by atoms with van der Waals surface area (Å²) in [7, 11) is -3.39. The summed E-state index contributed by atoms with van der Waals surface area (Å²) in [6, 6.07) is 5.41. The number of ether oxygens (including phenoxy) is 1. The van der Waals surface area contributed by atoms with Gasteiger partial charge in [-0.3, -0.25) is 0 Å². The first-order valence-electron chi connectivity index (χ1n) is 5.64. The Bertz CT molecular complexity index is 563. The second-order valence-corrected chi connectivity index (χ2v) is 8.35. The molecule has 0 N–H and O–H groups in total. The van der Waals surface area contributed by atoms with E-state index in [0.717, 1.165) is 5.56 Å². The second kappa shape index (κ2) is 3.25. The zero-order chi connectivity index (χ0) is 13.1. The normalized spacial score (nSPS) is 20.8. The third-order valence-corrected chi connectivity index (χ3v) is 5.38. The first-order chi connectivity index (χ1) is 7.56. The standard InChI is InChI=1S/C13H18O3S/c1-12(2,3)9-6-7-10-11(8-9)17(14,15)13(4,5)16-10/h6-8H,1-5H3. The molecule has 4 heteroatoms. The van der Waals surface area contributed by atoms with Gasteiger partial charge in [0.15, 0.2) is 0 Å². The molecule has 94 valence electrons. The van der Waals surface area contributed by atoms with E-state index in [1.165, 1.54) is 0 Å². The van der Waals surface area contributed by atoms with Crippen molar-refractivity contribution in [2.24, 2.45) is 0 Å². The quantitative estimate of drug-likeness (QED) is 0.715. The molecule has 0 spiro atoms. The van der Waals surface area contributed by atoms with Crippen molar-refractivity contribution in [2.75, 3.05) is 0 Å². The molecule has 1 aliphatic rings. The fourth-order valence-electron chi connectivity index (χ4n) is 1.85. The van der Waals surface area contributed by atoms with Gasteiger partial charge in [-0.25, -0.2) is 8.42 Å². The molecule has 0 fully saturated rings. The van der Waals surface area contributed by atoms with E-state index < -0.39 is 14.8 Å². The summed E-state index contributed by atoms with van der Waals surface area (Å²) < 4.78 is 30.0. The van der Waals surface area contributed by atoms with Crippen LogP contribution in [0.5, 0.6) is 5.75 Å². The number of sulfone groups is 1. The van der Waals surface area contributed by atoms with E-state index >= 15 is 0 Å². The Hall–Kier alpha value is -1.03. The minimum Gasteiger partial charge on any atom is -0.470 e. The van der Waals surface area contributed by atoms with Gasteiger partial charge in [0, 0.05) is 0 Å². The lowest BCUT2D eigenvalue weighted by Crippen LogP contribution is -2.32. The van der Waals surface area contributed by atoms with Crippen molar-refractivity contribution in [3.63, 3.8) is 0 Å². The highest BCUT2D eigenvalue weighted by Gasteiger charge is 2.46. The number of fused-ring (bicyclic) bond motifs is 1. The van der Waals surface area contributed by atoms with Crippen LogP contribution in [-0.4, -0.2) is 13.4 Å². The molecule has 0 atom stereocenters. The third-order valence-electron chi connectivity index (χ3n) is 3.10. The smallest absolute Gasteiger partial charge is 0.222 e. The molecule has 1 aromatic rings. The Balaban J connectivity index is 2.66. The van der Waals surface area contributed by atoms with Gasteiger partial charge in [-0.15, -0.1) is 0 Å². The van der Waals surface area contributed by atoms with Crippen molar-refractivity contribution in [1.82, 2.24) is 0 Å². The van der Waals surface area contributed by atoms with Crippen LogP contribution in [0.15, 0.2) is 23.1 Å². The zero-order valence-electron chi connectivity index (χ0n) is 10.9. The lowest BCUT2D eigenvalue weighted by molar-refractivity contribution is 0.204. The molecule has 1 aliphatic heterocycles. The summed E-state index contributed by atoms with van der Waals surface area (Å²) in [6.45, 7) is 9.34. The molecule has 17 heavy (non-hydrogen) atoms. The summed E-state index contributed by atoms with van der Waals surface area (Å²) in [5.41, 5.74) is 0.929. The number of hydrogen-bond acceptors (Lipinski definition) is 3. The van der Waals surface area contributed by atoms with Crippen molar-refractivity contribution >= 4 is 9.84 Å². The van der Waals surface area contributed by atoms with E-state index in [4.69, 9.17) is 4.74 Å². The minimum absolute atomic E-state index is 0.0721. The molecule has 1 aromatic carbocycles. The van der Waals surface area contributed by atoms with Crippen LogP contribution in [-0.2, 0) is 15.3 Å². The number of benzene rings is 1. The molecule has 0 aromatic heterocycles. The average Bonchev–Trinajstić information content (AvgIpc) is 2.32. The molecule has 0 saturated carbocycles. The molecule has 0 saturated heterocycles. The van der Waals surface area contributed by atoms with E-state index in [9.17, 15) is 8.42 Å². The molecule has 0 unspecified atom stereocenters. The number of hydrogen-bond donors (Lipinski definition) is 0. The van der Waals surface area contributed by atoms with Gasteiger partial charge in [0.25, 0.3) is 0 Å². The Morgan fingerprint density at radius 3 is 2.29 bits per heavy atom. The summed E-state index contributed by atoms with van der Waals surface area (Å²) >= 11 is 0. The van der Waals surface area contributed by atoms with E-state index in [2.05, 4.69) is 20.8 Å². The summed E-state index contributed by atoms with van der Waals surface area (Å²) in [4.78, 5) is -0.846. The fraction of sp³-hybridized carbons (Fsp3) is 0.538. The van der Waals surface area contributed by atoms with Crippen molar-refractivity contribution in [3.05, 3.63) is 23.8 Å². The Morgan fingerprint density at radius 1 is 1.18 bits per heavy atom. The Labute approximate surface area is 103 Å². The van der Waals surface area contributed by atoms with Gasteiger partial charge >= 0.3 is 0 Å². The molecule has 0 bridgehead atoms. The van der Waals surface area contributed by atoms with Gasteiger partial charge in [0.1, 0.15) is 10.6 Å².